The molecule has 142 valence electrons. The number of imide groups is 1. The molecule has 4 aliphatic rings. The number of hydrogen-bond acceptors (Lipinski definition) is 4. The Balaban J connectivity index is 1.37. The molecule has 0 N–H and O–H groups in total. The summed E-state index contributed by atoms with van der Waals surface area (Å²) >= 11 is 0. The van der Waals surface area contributed by atoms with E-state index in [4.69, 9.17) is 4.74 Å². The summed E-state index contributed by atoms with van der Waals surface area (Å²) < 4.78 is 5.64. The molecular formula is C22H25NO4. The van der Waals surface area contributed by atoms with Crippen molar-refractivity contribution in [3.05, 3.63) is 29.8 Å². The van der Waals surface area contributed by atoms with Crippen LogP contribution in [0.15, 0.2) is 24.3 Å². The lowest BCUT2D eigenvalue weighted by Gasteiger charge is -2.22. The fourth-order valence-corrected chi connectivity index (χ4v) is 5.84. The van der Waals surface area contributed by atoms with E-state index in [0.29, 0.717) is 23.1 Å². The maximum absolute atomic E-state index is 13.0. The number of anilines is 1. The number of nitrogens with zero attached hydrogens (tertiary/aromatic N) is 1. The monoisotopic (exact) mass is 367 g/mol. The quantitative estimate of drug-likeness (QED) is 0.603. The summed E-state index contributed by atoms with van der Waals surface area (Å²) in [5.74, 6) is -0.0712. The Morgan fingerprint density at radius 2 is 1.59 bits per heavy atom. The molecule has 0 aromatic heterocycles. The Kier molecular flexibility index (Phi) is 4.06. The summed E-state index contributed by atoms with van der Waals surface area (Å²) in [5.41, 5.74) is 0.926. The van der Waals surface area contributed by atoms with Crippen molar-refractivity contribution in [2.75, 3.05) is 4.90 Å². The van der Waals surface area contributed by atoms with Crippen LogP contribution in [-0.4, -0.2) is 23.9 Å². The van der Waals surface area contributed by atoms with E-state index in [9.17, 15) is 14.4 Å². The van der Waals surface area contributed by atoms with Crippen LogP contribution < -0.4 is 4.90 Å². The third-order valence-corrected chi connectivity index (χ3v) is 7.09. The second kappa shape index (κ2) is 6.47. The van der Waals surface area contributed by atoms with Crippen molar-refractivity contribution in [1.82, 2.24) is 0 Å². The fraction of sp³-hybridized carbons (Fsp3) is 0.591. The SMILES string of the molecule is O=C(OC1CCCCC1)c1cccc(N2C(=O)[C@@H]3[C@@H]4CC[C@H](C4)[C@@H]3C2=O)c1. The maximum Gasteiger partial charge on any atom is 0.338 e. The molecule has 0 radical (unpaired) electrons. The van der Waals surface area contributed by atoms with Crippen LogP contribution in [0, 0.1) is 23.7 Å². The van der Waals surface area contributed by atoms with E-state index in [0.717, 1.165) is 44.9 Å². The number of amides is 2. The van der Waals surface area contributed by atoms with Gasteiger partial charge in [0.2, 0.25) is 11.8 Å². The number of fused-ring (bicyclic) bond motifs is 5. The zero-order chi connectivity index (χ0) is 18.5. The Bertz CT molecular complexity index is 769. The molecule has 2 bridgehead atoms. The van der Waals surface area contributed by atoms with Gasteiger partial charge in [0.25, 0.3) is 0 Å². The predicted octanol–water partition coefficient (Wildman–Crippen LogP) is 3.71. The highest BCUT2D eigenvalue weighted by Crippen LogP contribution is 2.56. The molecule has 5 nitrogen and oxygen atoms in total. The highest BCUT2D eigenvalue weighted by molar-refractivity contribution is 6.22. The molecule has 3 saturated carbocycles. The molecule has 0 spiro atoms. The maximum atomic E-state index is 13.0. The molecule has 5 rings (SSSR count). The molecule has 1 aliphatic heterocycles. The molecule has 1 saturated heterocycles. The topological polar surface area (TPSA) is 63.7 Å². The van der Waals surface area contributed by atoms with E-state index in [1.165, 1.54) is 11.3 Å². The molecule has 1 aromatic carbocycles. The van der Waals surface area contributed by atoms with Gasteiger partial charge < -0.3 is 4.74 Å². The van der Waals surface area contributed by atoms with Gasteiger partial charge in [0.1, 0.15) is 6.10 Å². The lowest BCUT2D eigenvalue weighted by atomic mass is 9.81. The van der Waals surface area contributed by atoms with E-state index < -0.39 is 0 Å². The number of ether oxygens (including phenoxy) is 1. The second-order valence-electron chi connectivity index (χ2n) is 8.61. The summed E-state index contributed by atoms with van der Waals surface area (Å²) in [6, 6.07) is 6.82. The third kappa shape index (κ3) is 2.70. The molecular weight excluding hydrogens is 342 g/mol. The van der Waals surface area contributed by atoms with Gasteiger partial charge in [0.15, 0.2) is 0 Å². The number of rotatable bonds is 3. The molecule has 5 heteroatoms. The summed E-state index contributed by atoms with van der Waals surface area (Å²) in [5, 5.41) is 0. The smallest absolute Gasteiger partial charge is 0.338 e. The van der Waals surface area contributed by atoms with Crippen LogP contribution in [0.1, 0.15) is 61.7 Å². The summed E-state index contributed by atoms with van der Waals surface area (Å²) in [6.07, 6.45) is 8.36. The van der Waals surface area contributed by atoms with Crippen LogP contribution in [0.5, 0.6) is 0 Å². The van der Waals surface area contributed by atoms with Crippen LogP contribution in [0.3, 0.4) is 0 Å². The highest BCUT2D eigenvalue weighted by atomic mass is 16.5. The van der Waals surface area contributed by atoms with Crippen molar-refractivity contribution in [3.63, 3.8) is 0 Å². The standard InChI is InChI=1S/C22H25NO4/c24-20-18-13-9-10-14(11-13)19(18)21(25)23(20)16-6-4-5-15(12-16)22(26)27-17-7-2-1-3-8-17/h4-6,12-14,17-19H,1-3,7-11H2/t13-,14-,18-,19+/m1/s1. The molecule has 4 atom stereocenters. The van der Waals surface area contributed by atoms with Crippen LogP contribution >= 0.6 is 0 Å². The van der Waals surface area contributed by atoms with Crippen LogP contribution in [0.25, 0.3) is 0 Å². The van der Waals surface area contributed by atoms with Gasteiger partial charge >= 0.3 is 5.97 Å². The zero-order valence-corrected chi connectivity index (χ0v) is 15.4. The minimum atomic E-state index is -0.358. The summed E-state index contributed by atoms with van der Waals surface area (Å²) in [7, 11) is 0. The van der Waals surface area contributed by atoms with Gasteiger partial charge in [-0.05, 0) is 75.0 Å². The minimum absolute atomic E-state index is 0.0139. The average Bonchev–Trinajstić information content (AvgIpc) is 3.36. The third-order valence-electron chi connectivity index (χ3n) is 7.09. The van der Waals surface area contributed by atoms with Gasteiger partial charge in [-0.25, -0.2) is 4.79 Å². The van der Waals surface area contributed by atoms with Gasteiger partial charge in [0.05, 0.1) is 23.1 Å². The summed E-state index contributed by atoms with van der Waals surface area (Å²) in [4.78, 5) is 39.8. The highest BCUT2D eigenvalue weighted by Gasteiger charge is 2.61. The second-order valence-corrected chi connectivity index (χ2v) is 8.61. The van der Waals surface area contributed by atoms with Gasteiger partial charge in [0, 0.05) is 0 Å². The zero-order valence-electron chi connectivity index (χ0n) is 15.4. The number of hydrogen-bond donors (Lipinski definition) is 0. The van der Waals surface area contributed by atoms with E-state index in [1.807, 2.05) is 0 Å². The van der Waals surface area contributed by atoms with Crippen LogP contribution in [-0.2, 0) is 14.3 Å². The van der Waals surface area contributed by atoms with Crippen molar-refractivity contribution in [2.45, 2.75) is 57.5 Å². The predicted molar refractivity (Wildman–Crippen MR) is 99.0 cm³/mol. The lowest BCUT2D eigenvalue weighted by Crippen LogP contribution is -2.33. The van der Waals surface area contributed by atoms with E-state index in [2.05, 4.69) is 0 Å². The fourth-order valence-electron chi connectivity index (χ4n) is 5.84. The number of benzene rings is 1. The van der Waals surface area contributed by atoms with Crippen molar-refractivity contribution >= 4 is 23.5 Å². The first-order valence-corrected chi connectivity index (χ1v) is 10.3. The molecule has 0 unspecified atom stereocenters. The Labute approximate surface area is 159 Å². The van der Waals surface area contributed by atoms with Gasteiger partial charge in [-0.2, -0.15) is 0 Å². The van der Waals surface area contributed by atoms with Crippen molar-refractivity contribution < 1.29 is 19.1 Å². The van der Waals surface area contributed by atoms with Gasteiger partial charge in [-0.15, -0.1) is 0 Å². The van der Waals surface area contributed by atoms with E-state index in [-0.39, 0.29) is 35.7 Å². The number of esters is 1. The van der Waals surface area contributed by atoms with Gasteiger partial charge in [-0.3, -0.25) is 14.5 Å². The molecule has 1 heterocycles. The van der Waals surface area contributed by atoms with Gasteiger partial charge in [-0.1, -0.05) is 12.5 Å². The average molecular weight is 367 g/mol. The first-order chi connectivity index (χ1) is 13.1. The van der Waals surface area contributed by atoms with Crippen LogP contribution in [0.2, 0.25) is 0 Å². The van der Waals surface area contributed by atoms with Crippen molar-refractivity contribution in [2.24, 2.45) is 23.7 Å². The molecule has 1 aromatic rings. The first-order valence-electron chi connectivity index (χ1n) is 10.3. The number of carbonyl (C=O) groups excluding carboxylic acids is 3. The van der Waals surface area contributed by atoms with Crippen molar-refractivity contribution in [1.29, 1.82) is 0 Å². The largest absolute Gasteiger partial charge is 0.459 e. The van der Waals surface area contributed by atoms with Crippen LogP contribution in [0.4, 0.5) is 5.69 Å². The molecule has 3 aliphatic carbocycles. The Hall–Kier alpha value is -2.17. The molecule has 2 amide bonds. The number of carbonyl (C=O) groups is 3. The Morgan fingerprint density at radius 3 is 2.26 bits per heavy atom. The molecule has 4 fully saturated rings. The Morgan fingerprint density at radius 1 is 0.926 bits per heavy atom. The van der Waals surface area contributed by atoms with Crippen molar-refractivity contribution in [3.8, 4) is 0 Å². The summed E-state index contributed by atoms with van der Waals surface area (Å²) in [6.45, 7) is 0. The van der Waals surface area contributed by atoms with E-state index >= 15 is 0 Å². The first kappa shape index (κ1) is 17.0. The van der Waals surface area contributed by atoms with E-state index in [1.54, 1.807) is 24.3 Å². The normalized spacial score (nSPS) is 32.8. The minimum Gasteiger partial charge on any atom is -0.459 e. The molecule has 27 heavy (non-hydrogen) atoms. The lowest BCUT2D eigenvalue weighted by molar-refractivity contribution is -0.123.